The van der Waals surface area contributed by atoms with E-state index in [0.29, 0.717) is 0 Å². The zero-order valence-corrected chi connectivity index (χ0v) is 11.7. The molecule has 2 fully saturated rings. The van der Waals surface area contributed by atoms with E-state index >= 15 is 0 Å². The largest absolute Gasteiger partial charge is 0.314 e. The van der Waals surface area contributed by atoms with Crippen molar-refractivity contribution in [3.8, 4) is 0 Å². The Bertz CT molecular complexity index is 420. The van der Waals surface area contributed by atoms with Crippen LogP contribution >= 0.6 is 0 Å². The zero-order valence-electron chi connectivity index (χ0n) is 11.7. The van der Waals surface area contributed by atoms with Gasteiger partial charge in [0.25, 0.3) is 0 Å². The van der Waals surface area contributed by atoms with Crippen LogP contribution in [-0.4, -0.2) is 12.6 Å². The summed E-state index contributed by atoms with van der Waals surface area (Å²) in [5, 5.41) is 3.70. The summed E-state index contributed by atoms with van der Waals surface area (Å²) < 4.78 is 0. The molecule has 2 aliphatic rings. The summed E-state index contributed by atoms with van der Waals surface area (Å²) in [5.74, 6) is 1.86. The molecule has 0 spiro atoms. The summed E-state index contributed by atoms with van der Waals surface area (Å²) >= 11 is 0. The second-order valence-electron chi connectivity index (χ2n) is 6.41. The predicted molar refractivity (Wildman–Crippen MR) is 76.9 cm³/mol. The summed E-state index contributed by atoms with van der Waals surface area (Å²) in [6.07, 6.45) is 6.99. The first kappa shape index (κ1) is 12.2. The molecule has 1 aromatic carbocycles. The Morgan fingerprint density at radius 1 is 1.06 bits per heavy atom. The van der Waals surface area contributed by atoms with E-state index in [2.05, 4.69) is 37.4 Å². The lowest BCUT2D eigenvalue weighted by Crippen LogP contribution is -2.37. The number of hydrogen-bond acceptors (Lipinski definition) is 1. The smallest absolute Gasteiger partial charge is 0.00683 e. The van der Waals surface area contributed by atoms with Crippen molar-refractivity contribution in [1.82, 2.24) is 5.32 Å². The maximum Gasteiger partial charge on any atom is 0.00683 e. The van der Waals surface area contributed by atoms with Crippen LogP contribution in [0.3, 0.4) is 0 Å². The third kappa shape index (κ3) is 2.77. The van der Waals surface area contributed by atoms with Gasteiger partial charge >= 0.3 is 0 Å². The van der Waals surface area contributed by atoms with Crippen LogP contribution in [0.4, 0.5) is 0 Å². The average Bonchev–Trinajstić information content (AvgIpc) is 3.13. The van der Waals surface area contributed by atoms with Crippen molar-refractivity contribution in [2.45, 2.75) is 52.0 Å². The van der Waals surface area contributed by atoms with Crippen LogP contribution in [0.25, 0.3) is 0 Å². The van der Waals surface area contributed by atoms with Crippen molar-refractivity contribution < 1.29 is 0 Å². The van der Waals surface area contributed by atoms with Gasteiger partial charge in [-0.25, -0.2) is 0 Å². The van der Waals surface area contributed by atoms with Crippen LogP contribution in [0.1, 0.15) is 42.4 Å². The molecule has 0 saturated heterocycles. The lowest BCUT2D eigenvalue weighted by atomic mass is 9.70. The molecule has 0 amide bonds. The maximum atomic E-state index is 3.70. The SMILES string of the molecule is Cc1ccc(C)c(CC2CCC2CNC2CC2)c1. The van der Waals surface area contributed by atoms with E-state index in [-0.39, 0.29) is 0 Å². The minimum atomic E-state index is 0.868. The van der Waals surface area contributed by atoms with Crippen molar-refractivity contribution in [1.29, 1.82) is 0 Å². The number of nitrogens with one attached hydrogen (secondary N) is 1. The highest BCUT2D eigenvalue weighted by atomic mass is 14.9. The van der Waals surface area contributed by atoms with Gasteiger partial charge in [-0.15, -0.1) is 0 Å². The van der Waals surface area contributed by atoms with E-state index in [1.165, 1.54) is 49.8 Å². The molecular weight excluding hydrogens is 218 g/mol. The third-order valence-corrected chi connectivity index (χ3v) is 4.81. The highest BCUT2D eigenvalue weighted by molar-refractivity contribution is 5.31. The molecule has 98 valence electrons. The minimum Gasteiger partial charge on any atom is -0.314 e. The van der Waals surface area contributed by atoms with Crippen molar-refractivity contribution >= 4 is 0 Å². The monoisotopic (exact) mass is 243 g/mol. The zero-order chi connectivity index (χ0) is 12.5. The second-order valence-corrected chi connectivity index (χ2v) is 6.41. The molecule has 2 aliphatic carbocycles. The maximum absolute atomic E-state index is 3.70. The Balaban J connectivity index is 1.56. The lowest BCUT2D eigenvalue weighted by Gasteiger charge is -2.37. The van der Waals surface area contributed by atoms with Gasteiger partial charge in [0.1, 0.15) is 0 Å². The third-order valence-electron chi connectivity index (χ3n) is 4.81. The summed E-state index contributed by atoms with van der Waals surface area (Å²) in [6.45, 7) is 5.72. The van der Waals surface area contributed by atoms with Gasteiger partial charge in [-0.3, -0.25) is 0 Å². The fraction of sp³-hybridized carbons (Fsp3) is 0.647. The molecule has 0 heterocycles. The van der Waals surface area contributed by atoms with Gasteiger partial charge in [0.05, 0.1) is 0 Å². The Kier molecular flexibility index (Phi) is 3.43. The van der Waals surface area contributed by atoms with Gasteiger partial charge in [0.2, 0.25) is 0 Å². The van der Waals surface area contributed by atoms with Crippen molar-refractivity contribution in [3.05, 3.63) is 34.9 Å². The normalized spacial score (nSPS) is 27.0. The van der Waals surface area contributed by atoms with Gasteiger partial charge in [0.15, 0.2) is 0 Å². The lowest BCUT2D eigenvalue weighted by molar-refractivity contribution is 0.170. The standard InChI is InChI=1S/C17H25N/c1-12-3-4-13(2)16(9-12)10-14-5-6-15(14)11-18-17-7-8-17/h3-4,9,14-15,17-18H,5-8,10-11H2,1-2H3. The molecule has 0 bridgehead atoms. The Labute approximate surface area is 111 Å². The molecule has 0 aromatic heterocycles. The topological polar surface area (TPSA) is 12.0 Å². The first-order chi connectivity index (χ1) is 8.72. The summed E-state index contributed by atoms with van der Waals surface area (Å²) in [6, 6.07) is 7.76. The van der Waals surface area contributed by atoms with E-state index in [0.717, 1.165) is 17.9 Å². The average molecular weight is 243 g/mol. The van der Waals surface area contributed by atoms with Crippen LogP contribution in [0.2, 0.25) is 0 Å². The first-order valence-electron chi connectivity index (χ1n) is 7.52. The minimum absolute atomic E-state index is 0.868. The predicted octanol–water partition coefficient (Wildman–Crippen LogP) is 3.62. The highest BCUT2D eigenvalue weighted by Crippen LogP contribution is 2.37. The molecule has 1 N–H and O–H groups in total. The Hall–Kier alpha value is -0.820. The van der Waals surface area contributed by atoms with E-state index in [1.54, 1.807) is 5.56 Å². The molecule has 0 aliphatic heterocycles. The van der Waals surface area contributed by atoms with Gasteiger partial charge in [0, 0.05) is 6.04 Å². The molecular formula is C17H25N. The van der Waals surface area contributed by atoms with Crippen LogP contribution < -0.4 is 5.32 Å². The van der Waals surface area contributed by atoms with Gasteiger partial charge in [-0.1, -0.05) is 23.8 Å². The molecule has 2 atom stereocenters. The van der Waals surface area contributed by atoms with E-state index < -0.39 is 0 Å². The summed E-state index contributed by atoms with van der Waals surface area (Å²) in [5.41, 5.74) is 4.46. The molecule has 1 aromatic rings. The molecule has 0 radical (unpaired) electrons. The highest BCUT2D eigenvalue weighted by Gasteiger charge is 2.32. The van der Waals surface area contributed by atoms with Crippen LogP contribution in [0.5, 0.6) is 0 Å². The van der Waals surface area contributed by atoms with Crippen LogP contribution in [0, 0.1) is 25.7 Å². The second kappa shape index (κ2) is 5.05. The van der Waals surface area contributed by atoms with Crippen molar-refractivity contribution in [2.24, 2.45) is 11.8 Å². The van der Waals surface area contributed by atoms with E-state index in [9.17, 15) is 0 Å². The fourth-order valence-electron chi connectivity index (χ4n) is 3.08. The molecule has 1 heteroatoms. The molecule has 2 saturated carbocycles. The molecule has 1 nitrogen and oxygen atoms in total. The van der Waals surface area contributed by atoms with Crippen molar-refractivity contribution in [3.63, 3.8) is 0 Å². The van der Waals surface area contributed by atoms with Gasteiger partial charge < -0.3 is 5.32 Å². The quantitative estimate of drug-likeness (QED) is 0.833. The fourth-order valence-corrected chi connectivity index (χ4v) is 3.08. The first-order valence-corrected chi connectivity index (χ1v) is 7.52. The van der Waals surface area contributed by atoms with E-state index in [1.807, 2.05) is 0 Å². The Morgan fingerprint density at radius 2 is 1.83 bits per heavy atom. The van der Waals surface area contributed by atoms with Gasteiger partial charge in [-0.05, 0) is 75.5 Å². The Morgan fingerprint density at radius 3 is 2.50 bits per heavy atom. The number of rotatable bonds is 5. The van der Waals surface area contributed by atoms with Crippen LogP contribution in [0.15, 0.2) is 18.2 Å². The summed E-state index contributed by atoms with van der Waals surface area (Å²) in [4.78, 5) is 0. The summed E-state index contributed by atoms with van der Waals surface area (Å²) in [7, 11) is 0. The number of benzene rings is 1. The number of hydrogen-bond donors (Lipinski definition) is 1. The van der Waals surface area contributed by atoms with Crippen molar-refractivity contribution in [2.75, 3.05) is 6.54 Å². The molecule has 3 rings (SSSR count). The van der Waals surface area contributed by atoms with Gasteiger partial charge in [-0.2, -0.15) is 0 Å². The van der Waals surface area contributed by atoms with E-state index in [4.69, 9.17) is 0 Å². The number of aryl methyl sites for hydroxylation is 2. The molecule has 18 heavy (non-hydrogen) atoms. The van der Waals surface area contributed by atoms with Crippen LogP contribution in [-0.2, 0) is 6.42 Å². The molecule has 2 unspecified atom stereocenters.